The molecule has 16 nitrogen and oxygen atoms in total. The van der Waals surface area contributed by atoms with Crippen LogP contribution in [0.15, 0.2) is 84.1 Å². The minimum Gasteiger partial charge on any atom is -0.505 e. The van der Waals surface area contributed by atoms with Gasteiger partial charge in [0.25, 0.3) is 11.8 Å². The topological polar surface area (TPSA) is 215 Å². The van der Waals surface area contributed by atoms with Gasteiger partial charge in [-0.05, 0) is 67.0 Å². The second kappa shape index (κ2) is 20.6. The molecule has 0 saturated heterocycles. The molecule has 0 spiro atoms. The van der Waals surface area contributed by atoms with Gasteiger partial charge in [0.1, 0.15) is 41.2 Å². The summed E-state index contributed by atoms with van der Waals surface area (Å²) in [6.45, 7) is 10.5. The summed E-state index contributed by atoms with van der Waals surface area (Å²) in [5.74, 6) is 2.07. The number of phenols is 1. The van der Waals surface area contributed by atoms with Gasteiger partial charge in [0, 0.05) is 73.5 Å². The van der Waals surface area contributed by atoms with Crippen molar-refractivity contribution in [2.75, 3.05) is 26.1 Å². The zero-order chi connectivity index (χ0) is 46.2. The van der Waals surface area contributed by atoms with E-state index in [-0.39, 0.29) is 45.6 Å². The van der Waals surface area contributed by atoms with Gasteiger partial charge in [-0.2, -0.15) is 5.10 Å². The van der Waals surface area contributed by atoms with Gasteiger partial charge in [-0.3, -0.25) is 23.8 Å². The molecule has 4 aromatic rings. The summed E-state index contributed by atoms with van der Waals surface area (Å²) >= 11 is 0. The number of esters is 1. The minimum absolute atomic E-state index is 0.0120. The van der Waals surface area contributed by atoms with Crippen molar-refractivity contribution in [2.24, 2.45) is 28.8 Å². The van der Waals surface area contributed by atoms with Crippen molar-refractivity contribution in [3.63, 3.8) is 0 Å². The number of amides is 2. The van der Waals surface area contributed by atoms with Crippen LogP contribution < -0.4 is 21.2 Å². The maximum atomic E-state index is 14.0. The van der Waals surface area contributed by atoms with E-state index >= 15 is 0 Å². The van der Waals surface area contributed by atoms with Crippen molar-refractivity contribution in [1.82, 2.24) is 19.8 Å². The highest BCUT2D eigenvalue weighted by molar-refractivity contribution is 6.10. The predicted octanol–water partition coefficient (Wildman–Crippen LogP) is 4.43. The van der Waals surface area contributed by atoms with Gasteiger partial charge in [-0.15, -0.1) is 0 Å². The van der Waals surface area contributed by atoms with Crippen molar-refractivity contribution >= 4 is 57.7 Å². The molecular formula is C48H54N6O10. The van der Waals surface area contributed by atoms with E-state index in [0.29, 0.717) is 34.3 Å². The summed E-state index contributed by atoms with van der Waals surface area (Å²) in [6, 6.07) is 6.53. The largest absolute Gasteiger partial charge is 0.505 e. The highest BCUT2D eigenvalue weighted by Gasteiger charge is 2.37. The lowest BCUT2D eigenvalue weighted by atomic mass is 9.79. The standard InChI is InChI=1S/C48H54N6O10/c1-26-10-9-11-27(2)47(59)52-42-43-41(51-38-23-32(16-20-54(38)43)24-50-53-48(60)33-14-18-49-19-15-33)39-34(37(62-8)13-12-35(56)40(39)45(42)58)25-63-21-17-36(61-7)29(4)46(64-31(6)55)30(5)44(57)28(3)22-26/h9-11,14-21,23-24,26,28-30,36-37,44,46,56-58H,22,25H2,1-8H3,(H,52,59)(H,53,60)/b10-9+,21-17+,27-11-,50-24+/t26-,28+,29+,30+,36-,37?,44+,46+/m0/s1. The number of anilines is 1. The van der Waals surface area contributed by atoms with Gasteiger partial charge < -0.3 is 39.6 Å². The highest BCUT2D eigenvalue weighted by atomic mass is 16.5. The minimum atomic E-state index is -0.958. The fourth-order valence-electron chi connectivity index (χ4n) is 8.19. The average molecular weight is 875 g/mol. The number of hydrogen-bond donors (Lipinski definition) is 5. The van der Waals surface area contributed by atoms with E-state index in [1.54, 1.807) is 60.0 Å². The Bertz CT molecular complexity index is 2730. The molecule has 64 heavy (non-hydrogen) atoms. The number of carbonyl (C=O) groups excluding carboxylic acids is 3. The lowest BCUT2D eigenvalue weighted by Crippen LogP contribution is -2.44. The number of nitrogens with one attached hydrogen (secondary N) is 2. The number of ether oxygens (including phenoxy) is 4. The monoisotopic (exact) mass is 874 g/mol. The van der Waals surface area contributed by atoms with Crippen molar-refractivity contribution in [3.05, 3.63) is 101 Å². The number of hydrogen-bond acceptors (Lipinski definition) is 13. The molecule has 2 aliphatic rings. The molecule has 1 unspecified atom stereocenters. The van der Waals surface area contributed by atoms with Crippen LogP contribution in [0.4, 0.5) is 5.69 Å². The number of benzene rings is 1. The number of aromatic nitrogens is 3. The Morgan fingerprint density at radius 3 is 2.52 bits per heavy atom. The first-order valence-corrected chi connectivity index (χ1v) is 20.9. The molecule has 4 heterocycles. The fourth-order valence-corrected chi connectivity index (χ4v) is 8.19. The smallest absolute Gasteiger partial charge is 0.302 e. The van der Waals surface area contributed by atoms with Crippen LogP contribution in [-0.4, -0.2) is 98.9 Å². The second-order valence-electron chi connectivity index (χ2n) is 16.2. The first-order chi connectivity index (χ1) is 30.6. The SMILES string of the molecule is COC1C#CC(O)=c2c(O)c3c4c(nc5cc(/C=N/NC(=O)c6ccncc6)ccn54)c2=C1CO/C=C/[C@H](OC)[C@@H](C)[C@@H](OC(C)=O)[C@H](C)[C@H](O)[C@H](C)C[C@@H](C)/C=C/C=C(/C)C(=O)N3. The zero-order valence-electron chi connectivity index (χ0n) is 37.0. The normalized spacial score (nSPS) is 26.5. The third-order valence-electron chi connectivity index (χ3n) is 11.6. The van der Waals surface area contributed by atoms with Gasteiger partial charge in [-0.1, -0.05) is 51.8 Å². The number of aromatic hydroxyl groups is 1. The van der Waals surface area contributed by atoms with Crippen LogP contribution in [0, 0.1) is 35.5 Å². The maximum absolute atomic E-state index is 14.0. The number of phenolic OH excluding ortho intramolecular Hbond substituents is 1. The van der Waals surface area contributed by atoms with Gasteiger partial charge >= 0.3 is 5.97 Å². The van der Waals surface area contributed by atoms with Crippen LogP contribution in [0.25, 0.3) is 28.0 Å². The molecule has 1 aliphatic carbocycles. The lowest BCUT2D eigenvalue weighted by Gasteiger charge is -2.36. The Hall–Kier alpha value is -6.80. The molecule has 8 atom stereocenters. The van der Waals surface area contributed by atoms with Crippen molar-refractivity contribution in [3.8, 4) is 17.6 Å². The molecule has 6 rings (SSSR count). The molecule has 0 fully saturated rings. The Kier molecular flexibility index (Phi) is 15.0. The van der Waals surface area contributed by atoms with E-state index in [1.165, 1.54) is 46.0 Å². The summed E-state index contributed by atoms with van der Waals surface area (Å²) in [4.78, 5) is 47.9. The predicted molar refractivity (Wildman–Crippen MR) is 241 cm³/mol. The summed E-state index contributed by atoms with van der Waals surface area (Å²) in [6.07, 6.45) is 12.0. The third-order valence-corrected chi connectivity index (χ3v) is 11.6. The van der Waals surface area contributed by atoms with E-state index < -0.39 is 65.5 Å². The molecule has 16 heteroatoms. The Balaban J connectivity index is 1.54. The fraction of sp³-hybridized carbons (Fsp3) is 0.375. The number of rotatable bonds is 6. The number of aliphatic hydroxyl groups is 2. The van der Waals surface area contributed by atoms with Crippen LogP contribution >= 0.6 is 0 Å². The van der Waals surface area contributed by atoms with Crippen molar-refractivity contribution in [2.45, 2.75) is 72.4 Å². The van der Waals surface area contributed by atoms with Crippen LogP contribution in [-0.2, 0) is 28.5 Å². The lowest BCUT2D eigenvalue weighted by molar-refractivity contribution is -0.159. The summed E-state index contributed by atoms with van der Waals surface area (Å²) in [5.41, 5.74) is 4.99. The number of imidazole rings is 1. The maximum Gasteiger partial charge on any atom is 0.302 e. The first-order valence-electron chi connectivity index (χ1n) is 20.9. The molecule has 5 N–H and O–H groups in total. The summed E-state index contributed by atoms with van der Waals surface area (Å²) < 4.78 is 25.4. The number of carbonyl (C=O) groups is 3. The third kappa shape index (κ3) is 10.2. The second-order valence-corrected chi connectivity index (χ2v) is 16.2. The molecule has 0 saturated carbocycles. The highest BCUT2D eigenvalue weighted by Crippen LogP contribution is 2.32. The molecule has 2 bridgehead atoms. The first kappa shape index (κ1) is 46.7. The molecule has 0 radical (unpaired) electrons. The quantitative estimate of drug-likeness (QED) is 0.0599. The molecule has 1 aromatic carbocycles. The van der Waals surface area contributed by atoms with Crippen LogP contribution in [0.3, 0.4) is 0 Å². The Morgan fingerprint density at radius 2 is 1.81 bits per heavy atom. The number of allylic oxidation sites excluding steroid dienone is 3. The average Bonchev–Trinajstić information content (AvgIpc) is 3.58. The van der Waals surface area contributed by atoms with Crippen LogP contribution in [0.5, 0.6) is 5.75 Å². The number of fused-ring (bicyclic) bond motifs is 1. The number of hydrazone groups is 1. The van der Waals surface area contributed by atoms with Crippen molar-refractivity contribution < 1.29 is 48.7 Å². The number of nitrogens with zero attached hydrogens (tertiary/aromatic N) is 4. The summed E-state index contributed by atoms with van der Waals surface area (Å²) in [5, 5.41) is 42.4. The van der Waals surface area contributed by atoms with Gasteiger partial charge in [0.15, 0.2) is 11.5 Å². The molecule has 1 aliphatic heterocycles. The Morgan fingerprint density at radius 1 is 1.06 bits per heavy atom. The zero-order valence-corrected chi connectivity index (χ0v) is 37.0. The van der Waals surface area contributed by atoms with E-state index in [2.05, 4.69) is 32.7 Å². The Labute approximate surface area is 370 Å². The molecule has 336 valence electrons. The van der Waals surface area contributed by atoms with Crippen LogP contribution in [0.1, 0.15) is 63.9 Å². The molecule has 3 aromatic heterocycles. The van der Waals surface area contributed by atoms with E-state index in [4.69, 9.17) is 23.9 Å². The van der Waals surface area contributed by atoms with Gasteiger partial charge in [-0.25, -0.2) is 10.4 Å². The van der Waals surface area contributed by atoms with Gasteiger partial charge in [0.2, 0.25) is 0 Å². The van der Waals surface area contributed by atoms with Crippen molar-refractivity contribution in [1.29, 1.82) is 0 Å². The van der Waals surface area contributed by atoms with Crippen LogP contribution in [0.2, 0.25) is 0 Å². The summed E-state index contributed by atoms with van der Waals surface area (Å²) in [7, 11) is 2.97. The number of methoxy groups -OCH3 is 2. The number of aliphatic hydroxyl groups excluding tert-OH is 2. The number of pyridine rings is 2. The van der Waals surface area contributed by atoms with E-state index in [0.717, 1.165) is 0 Å². The molecular weight excluding hydrogens is 821 g/mol. The molecule has 2 amide bonds. The van der Waals surface area contributed by atoms with E-state index in [9.17, 15) is 29.7 Å². The van der Waals surface area contributed by atoms with E-state index in [1.807, 2.05) is 33.8 Å². The van der Waals surface area contributed by atoms with Gasteiger partial charge in [0.05, 0.1) is 29.9 Å².